The number of hydrogen-bond acceptors (Lipinski definition) is 3. The maximum absolute atomic E-state index is 11.3. The van der Waals surface area contributed by atoms with Crippen molar-refractivity contribution in [1.29, 1.82) is 0 Å². The SMILES string of the molecule is CNCc1ccc(N2CCNC(=O)CC2)cc1C. The molecule has 0 aliphatic carbocycles. The van der Waals surface area contributed by atoms with Gasteiger partial charge in [-0.05, 0) is 37.2 Å². The number of nitrogens with zero attached hydrogens (tertiary/aromatic N) is 1. The van der Waals surface area contributed by atoms with E-state index in [4.69, 9.17) is 0 Å². The number of carbonyl (C=O) groups is 1. The Bertz CT molecular complexity index is 431. The number of hydrogen-bond donors (Lipinski definition) is 2. The van der Waals surface area contributed by atoms with E-state index in [2.05, 4.69) is 40.7 Å². The van der Waals surface area contributed by atoms with Crippen molar-refractivity contribution in [1.82, 2.24) is 10.6 Å². The van der Waals surface area contributed by atoms with Crippen molar-refractivity contribution in [2.24, 2.45) is 0 Å². The maximum atomic E-state index is 11.3. The number of benzene rings is 1. The second kappa shape index (κ2) is 5.87. The van der Waals surface area contributed by atoms with Crippen LogP contribution in [0.2, 0.25) is 0 Å². The van der Waals surface area contributed by atoms with Gasteiger partial charge < -0.3 is 15.5 Å². The summed E-state index contributed by atoms with van der Waals surface area (Å²) in [6.45, 7) is 5.45. The molecule has 18 heavy (non-hydrogen) atoms. The van der Waals surface area contributed by atoms with Crippen molar-refractivity contribution in [3.05, 3.63) is 29.3 Å². The fraction of sp³-hybridized carbons (Fsp3) is 0.500. The van der Waals surface area contributed by atoms with Crippen LogP contribution in [0.25, 0.3) is 0 Å². The minimum absolute atomic E-state index is 0.154. The Labute approximate surface area is 108 Å². The summed E-state index contributed by atoms with van der Waals surface area (Å²) in [5.41, 5.74) is 3.83. The first-order valence-electron chi connectivity index (χ1n) is 6.46. The first kappa shape index (κ1) is 12.9. The van der Waals surface area contributed by atoms with E-state index >= 15 is 0 Å². The number of carbonyl (C=O) groups excluding carboxylic acids is 1. The van der Waals surface area contributed by atoms with Crippen molar-refractivity contribution in [2.75, 3.05) is 31.6 Å². The highest BCUT2D eigenvalue weighted by molar-refractivity contribution is 5.77. The highest BCUT2D eigenvalue weighted by Gasteiger charge is 2.14. The molecule has 1 aromatic rings. The molecular formula is C14H21N3O. The van der Waals surface area contributed by atoms with Gasteiger partial charge in [0.1, 0.15) is 0 Å². The van der Waals surface area contributed by atoms with Gasteiger partial charge in [-0.1, -0.05) is 6.07 Å². The quantitative estimate of drug-likeness (QED) is 0.839. The molecule has 98 valence electrons. The average molecular weight is 247 g/mol. The van der Waals surface area contributed by atoms with Crippen LogP contribution in [0.5, 0.6) is 0 Å². The molecule has 2 rings (SSSR count). The van der Waals surface area contributed by atoms with Crippen molar-refractivity contribution in [3.63, 3.8) is 0 Å². The molecule has 0 saturated carbocycles. The van der Waals surface area contributed by atoms with Gasteiger partial charge in [0.15, 0.2) is 0 Å². The Morgan fingerprint density at radius 1 is 1.39 bits per heavy atom. The van der Waals surface area contributed by atoms with E-state index in [1.54, 1.807) is 0 Å². The third kappa shape index (κ3) is 3.01. The third-order valence-electron chi connectivity index (χ3n) is 3.37. The molecule has 0 unspecified atom stereocenters. The zero-order valence-electron chi connectivity index (χ0n) is 11.1. The summed E-state index contributed by atoms with van der Waals surface area (Å²) < 4.78 is 0. The molecule has 0 bridgehead atoms. The monoisotopic (exact) mass is 247 g/mol. The van der Waals surface area contributed by atoms with E-state index in [9.17, 15) is 4.79 Å². The second-order valence-corrected chi connectivity index (χ2v) is 4.73. The Hall–Kier alpha value is -1.55. The minimum atomic E-state index is 0.154. The van der Waals surface area contributed by atoms with Crippen molar-refractivity contribution >= 4 is 11.6 Å². The molecular weight excluding hydrogens is 226 g/mol. The van der Waals surface area contributed by atoms with E-state index in [1.807, 2.05) is 7.05 Å². The normalized spacial score (nSPS) is 16.3. The van der Waals surface area contributed by atoms with Crippen LogP contribution in [0, 0.1) is 6.92 Å². The van der Waals surface area contributed by atoms with Crippen LogP contribution >= 0.6 is 0 Å². The summed E-state index contributed by atoms with van der Waals surface area (Å²) in [5.74, 6) is 0.154. The van der Waals surface area contributed by atoms with E-state index in [0.29, 0.717) is 6.42 Å². The Balaban J connectivity index is 2.13. The van der Waals surface area contributed by atoms with E-state index in [1.165, 1.54) is 16.8 Å². The largest absolute Gasteiger partial charge is 0.369 e. The number of nitrogens with one attached hydrogen (secondary N) is 2. The fourth-order valence-corrected chi connectivity index (χ4v) is 2.29. The van der Waals surface area contributed by atoms with Crippen LogP contribution in [0.15, 0.2) is 18.2 Å². The summed E-state index contributed by atoms with van der Waals surface area (Å²) >= 11 is 0. The Kier molecular flexibility index (Phi) is 4.20. The number of rotatable bonds is 3. The summed E-state index contributed by atoms with van der Waals surface area (Å²) in [6.07, 6.45) is 0.581. The Morgan fingerprint density at radius 3 is 2.94 bits per heavy atom. The van der Waals surface area contributed by atoms with Gasteiger partial charge in [0.05, 0.1) is 0 Å². The van der Waals surface area contributed by atoms with Crippen molar-refractivity contribution in [2.45, 2.75) is 19.9 Å². The number of aryl methyl sites for hydroxylation is 1. The highest BCUT2D eigenvalue weighted by atomic mass is 16.1. The molecule has 1 aliphatic rings. The van der Waals surface area contributed by atoms with E-state index < -0.39 is 0 Å². The molecule has 0 spiro atoms. The lowest BCUT2D eigenvalue weighted by Gasteiger charge is -2.23. The highest BCUT2D eigenvalue weighted by Crippen LogP contribution is 2.20. The van der Waals surface area contributed by atoms with Gasteiger partial charge in [-0.25, -0.2) is 0 Å². The average Bonchev–Trinajstić information content (AvgIpc) is 2.57. The van der Waals surface area contributed by atoms with Crippen LogP contribution in [0.3, 0.4) is 0 Å². The maximum Gasteiger partial charge on any atom is 0.221 e. The van der Waals surface area contributed by atoms with Gasteiger partial charge >= 0.3 is 0 Å². The van der Waals surface area contributed by atoms with Crippen LogP contribution in [0.1, 0.15) is 17.5 Å². The molecule has 1 aromatic carbocycles. The van der Waals surface area contributed by atoms with Crippen LogP contribution in [0.4, 0.5) is 5.69 Å². The molecule has 4 nitrogen and oxygen atoms in total. The lowest BCUT2D eigenvalue weighted by atomic mass is 10.1. The van der Waals surface area contributed by atoms with Gasteiger partial charge in [-0.2, -0.15) is 0 Å². The van der Waals surface area contributed by atoms with E-state index in [-0.39, 0.29) is 5.91 Å². The van der Waals surface area contributed by atoms with Gasteiger partial charge in [0.2, 0.25) is 5.91 Å². The van der Waals surface area contributed by atoms with Crippen molar-refractivity contribution in [3.8, 4) is 0 Å². The third-order valence-corrected chi connectivity index (χ3v) is 3.37. The van der Waals surface area contributed by atoms with Crippen molar-refractivity contribution < 1.29 is 4.79 Å². The van der Waals surface area contributed by atoms with Gasteiger partial charge in [-0.15, -0.1) is 0 Å². The number of amides is 1. The zero-order chi connectivity index (χ0) is 13.0. The molecule has 1 amide bonds. The molecule has 0 aromatic heterocycles. The molecule has 1 heterocycles. The van der Waals surface area contributed by atoms with Gasteiger partial charge in [0.25, 0.3) is 0 Å². The first-order valence-corrected chi connectivity index (χ1v) is 6.46. The Morgan fingerprint density at radius 2 is 2.22 bits per heavy atom. The predicted molar refractivity (Wildman–Crippen MR) is 73.8 cm³/mol. The summed E-state index contributed by atoms with van der Waals surface area (Å²) in [5, 5.41) is 6.07. The molecule has 4 heteroatoms. The molecule has 0 atom stereocenters. The molecule has 1 aliphatic heterocycles. The minimum Gasteiger partial charge on any atom is -0.369 e. The summed E-state index contributed by atoms with van der Waals surface area (Å²) in [6, 6.07) is 6.53. The van der Waals surface area contributed by atoms with E-state index in [0.717, 1.165) is 26.2 Å². The predicted octanol–water partition coefficient (Wildman–Crippen LogP) is 1.04. The number of anilines is 1. The van der Waals surface area contributed by atoms with Crippen LogP contribution in [-0.4, -0.2) is 32.6 Å². The fourth-order valence-electron chi connectivity index (χ4n) is 2.29. The molecule has 1 saturated heterocycles. The lowest BCUT2D eigenvalue weighted by Crippen LogP contribution is -2.28. The second-order valence-electron chi connectivity index (χ2n) is 4.73. The molecule has 1 fully saturated rings. The summed E-state index contributed by atoms with van der Waals surface area (Å²) in [7, 11) is 1.96. The summed E-state index contributed by atoms with van der Waals surface area (Å²) in [4.78, 5) is 13.6. The topological polar surface area (TPSA) is 44.4 Å². The molecule has 0 radical (unpaired) electrons. The van der Waals surface area contributed by atoms with Gasteiger partial charge in [0, 0.05) is 38.3 Å². The standard InChI is InChI=1S/C14H21N3O/c1-11-9-13(4-3-12(11)10-15-2)17-7-5-14(18)16-6-8-17/h3-4,9,15H,5-8,10H2,1-2H3,(H,16,18). The first-order chi connectivity index (χ1) is 8.70. The zero-order valence-corrected chi connectivity index (χ0v) is 11.1. The van der Waals surface area contributed by atoms with Gasteiger partial charge in [-0.3, -0.25) is 4.79 Å². The molecule has 2 N–H and O–H groups in total. The van der Waals surface area contributed by atoms with Crippen LogP contribution < -0.4 is 15.5 Å². The lowest BCUT2D eigenvalue weighted by molar-refractivity contribution is -0.120. The smallest absolute Gasteiger partial charge is 0.221 e. The van der Waals surface area contributed by atoms with Crippen LogP contribution in [-0.2, 0) is 11.3 Å².